The van der Waals surface area contributed by atoms with Crippen molar-refractivity contribution >= 4 is 16.6 Å². The van der Waals surface area contributed by atoms with Crippen molar-refractivity contribution in [1.82, 2.24) is 24.9 Å². The molecular formula is C20H19N5. The van der Waals surface area contributed by atoms with Crippen LogP contribution < -0.4 is 5.32 Å². The van der Waals surface area contributed by atoms with E-state index in [0.29, 0.717) is 5.92 Å². The average molecular weight is 329 g/mol. The largest absolute Gasteiger partial charge is 0.316 e. The molecule has 1 saturated heterocycles. The molecule has 1 aliphatic heterocycles. The maximum atomic E-state index is 4.66. The van der Waals surface area contributed by atoms with Crippen LogP contribution in [0.1, 0.15) is 24.5 Å². The van der Waals surface area contributed by atoms with Crippen LogP contribution in [0, 0.1) is 0 Å². The molecule has 4 heterocycles. The Kier molecular flexibility index (Phi) is 3.45. The van der Waals surface area contributed by atoms with Gasteiger partial charge in [0.1, 0.15) is 0 Å². The molecule has 0 spiro atoms. The van der Waals surface area contributed by atoms with Crippen LogP contribution in [-0.2, 0) is 0 Å². The van der Waals surface area contributed by atoms with Crippen molar-refractivity contribution in [2.24, 2.45) is 0 Å². The fourth-order valence-corrected chi connectivity index (χ4v) is 3.76. The molecule has 0 saturated carbocycles. The fraction of sp³-hybridized carbons (Fsp3) is 0.250. The molecule has 0 aliphatic carbocycles. The van der Waals surface area contributed by atoms with Gasteiger partial charge in [0.25, 0.3) is 0 Å². The zero-order chi connectivity index (χ0) is 16.6. The van der Waals surface area contributed by atoms with Gasteiger partial charge in [-0.25, -0.2) is 9.50 Å². The Hall–Kier alpha value is -2.79. The first kappa shape index (κ1) is 14.5. The standard InChI is InChI=1S/C20H19N5/c1-4-16(12-21-8-1)19-7-10-23-20-17(13-24-25(19)20)15-6-5-14-3-2-9-22-18(14)11-15/h2-3,5-7,9-11,13,16,21H,1,4,8,12H2. The van der Waals surface area contributed by atoms with Crippen LogP contribution in [0.3, 0.4) is 0 Å². The number of nitrogens with zero attached hydrogens (tertiary/aromatic N) is 4. The van der Waals surface area contributed by atoms with Crippen LogP contribution in [0.4, 0.5) is 0 Å². The number of fused-ring (bicyclic) bond motifs is 2. The Bertz CT molecular complexity index is 1050. The van der Waals surface area contributed by atoms with Gasteiger partial charge >= 0.3 is 0 Å². The molecule has 5 rings (SSSR count). The lowest BCUT2D eigenvalue weighted by Gasteiger charge is -2.23. The zero-order valence-corrected chi connectivity index (χ0v) is 13.9. The summed E-state index contributed by atoms with van der Waals surface area (Å²) in [6, 6.07) is 12.5. The zero-order valence-electron chi connectivity index (χ0n) is 13.9. The summed E-state index contributed by atoms with van der Waals surface area (Å²) < 4.78 is 2.01. The quantitative estimate of drug-likeness (QED) is 0.612. The summed E-state index contributed by atoms with van der Waals surface area (Å²) >= 11 is 0. The number of aromatic nitrogens is 4. The minimum absolute atomic E-state index is 0.491. The highest BCUT2D eigenvalue weighted by atomic mass is 15.3. The lowest BCUT2D eigenvalue weighted by molar-refractivity contribution is 0.448. The van der Waals surface area contributed by atoms with E-state index in [4.69, 9.17) is 0 Å². The Balaban J connectivity index is 1.64. The van der Waals surface area contributed by atoms with Crippen molar-refractivity contribution in [3.8, 4) is 11.1 Å². The summed E-state index contributed by atoms with van der Waals surface area (Å²) in [6.07, 6.45) is 8.06. The van der Waals surface area contributed by atoms with E-state index in [0.717, 1.165) is 40.8 Å². The molecule has 1 aromatic carbocycles. The second-order valence-electron chi connectivity index (χ2n) is 6.62. The van der Waals surface area contributed by atoms with Crippen molar-refractivity contribution in [2.75, 3.05) is 13.1 Å². The highest BCUT2D eigenvalue weighted by Crippen LogP contribution is 2.29. The molecule has 1 atom stereocenters. The lowest BCUT2D eigenvalue weighted by Crippen LogP contribution is -2.29. The van der Waals surface area contributed by atoms with Crippen LogP contribution in [0.25, 0.3) is 27.7 Å². The van der Waals surface area contributed by atoms with E-state index >= 15 is 0 Å². The van der Waals surface area contributed by atoms with Gasteiger partial charge in [0, 0.05) is 35.8 Å². The van der Waals surface area contributed by atoms with Crippen LogP contribution in [0.15, 0.2) is 55.0 Å². The first-order valence-corrected chi connectivity index (χ1v) is 8.79. The third kappa shape index (κ3) is 2.48. The summed E-state index contributed by atoms with van der Waals surface area (Å²) in [5.74, 6) is 0.491. The van der Waals surface area contributed by atoms with Crippen molar-refractivity contribution in [1.29, 1.82) is 0 Å². The molecule has 5 nitrogen and oxygen atoms in total. The van der Waals surface area contributed by atoms with Gasteiger partial charge in [0.05, 0.1) is 17.4 Å². The minimum atomic E-state index is 0.491. The van der Waals surface area contributed by atoms with Crippen molar-refractivity contribution in [2.45, 2.75) is 18.8 Å². The number of hydrogen-bond acceptors (Lipinski definition) is 4. The number of nitrogens with one attached hydrogen (secondary N) is 1. The number of hydrogen-bond donors (Lipinski definition) is 1. The second-order valence-corrected chi connectivity index (χ2v) is 6.62. The van der Waals surface area contributed by atoms with Gasteiger partial charge in [-0.3, -0.25) is 4.98 Å². The predicted octanol–water partition coefficient (Wildman–Crippen LogP) is 3.41. The normalized spacial score (nSPS) is 18.0. The summed E-state index contributed by atoms with van der Waals surface area (Å²) in [5, 5.41) is 9.29. The monoisotopic (exact) mass is 329 g/mol. The summed E-state index contributed by atoms with van der Waals surface area (Å²) in [6.45, 7) is 2.12. The van der Waals surface area contributed by atoms with Gasteiger partial charge in [-0.05, 0) is 43.1 Å². The molecule has 1 aliphatic rings. The van der Waals surface area contributed by atoms with Crippen molar-refractivity contribution in [3.05, 3.63) is 60.7 Å². The van der Waals surface area contributed by atoms with E-state index in [9.17, 15) is 0 Å². The van der Waals surface area contributed by atoms with Gasteiger partial charge in [-0.2, -0.15) is 5.10 Å². The molecule has 3 aromatic heterocycles. The van der Waals surface area contributed by atoms with Gasteiger partial charge in [-0.15, -0.1) is 0 Å². The Labute approximate surface area is 145 Å². The molecule has 0 bridgehead atoms. The van der Waals surface area contributed by atoms with Crippen LogP contribution in [-0.4, -0.2) is 32.7 Å². The number of pyridine rings is 1. The van der Waals surface area contributed by atoms with Crippen LogP contribution in [0.5, 0.6) is 0 Å². The highest BCUT2D eigenvalue weighted by Gasteiger charge is 2.20. The lowest BCUT2D eigenvalue weighted by atomic mass is 9.96. The molecule has 1 fully saturated rings. The summed E-state index contributed by atoms with van der Waals surface area (Å²) in [7, 11) is 0. The van der Waals surface area contributed by atoms with E-state index in [1.54, 1.807) is 0 Å². The SMILES string of the molecule is c1cnc2cc(-c3cnn4c(C5CCCNC5)ccnc34)ccc2c1. The van der Waals surface area contributed by atoms with Gasteiger partial charge in [0.2, 0.25) is 0 Å². The first-order valence-electron chi connectivity index (χ1n) is 8.79. The van der Waals surface area contributed by atoms with E-state index < -0.39 is 0 Å². The molecule has 1 N–H and O–H groups in total. The van der Waals surface area contributed by atoms with E-state index in [1.165, 1.54) is 18.5 Å². The molecule has 1 unspecified atom stereocenters. The Morgan fingerprint density at radius 1 is 1.08 bits per heavy atom. The topological polar surface area (TPSA) is 55.1 Å². The first-order chi connectivity index (χ1) is 12.4. The van der Waals surface area contributed by atoms with E-state index in [2.05, 4.69) is 50.7 Å². The van der Waals surface area contributed by atoms with E-state index in [1.807, 2.05) is 29.2 Å². The van der Waals surface area contributed by atoms with Crippen LogP contribution >= 0.6 is 0 Å². The number of rotatable bonds is 2. The van der Waals surface area contributed by atoms with Gasteiger partial charge in [0.15, 0.2) is 5.65 Å². The van der Waals surface area contributed by atoms with Gasteiger partial charge < -0.3 is 5.32 Å². The fourth-order valence-electron chi connectivity index (χ4n) is 3.76. The van der Waals surface area contributed by atoms with Crippen molar-refractivity contribution < 1.29 is 0 Å². The predicted molar refractivity (Wildman–Crippen MR) is 98.6 cm³/mol. The number of piperidine rings is 1. The highest BCUT2D eigenvalue weighted by molar-refractivity contribution is 5.87. The van der Waals surface area contributed by atoms with Crippen LogP contribution in [0.2, 0.25) is 0 Å². The van der Waals surface area contributed by atoms with E-state index in [-0.39, 0.29) is 0 Å². The smallest absolute Gasteiger partial charge is 0.163 e. The summed E-state index contributed by atoms with van der Waals surface area (Å²) in [5.41, 5.74) is 5.30. The maximum absolute atomic E-state index is 4.66. The molecule has 5 heteroatoms. The molecule has 4 aromatic rings. The number of benzene rings is 1. The Morgan fingerprint density at radius 3 is 3.00 bits per heavy atom. The molecular weight excluding hydrogens is 310 g/mol. The minimum Gasteiger partial charge on any atom is -0.316 e. The molecule has 0 amide bonds. The maximum Gasteiger partial charge on any atom is 0.163 e. The average Bonchev–Trinajstić information content (AvgIpc) is 3.12. The summed E-state index contributed by atoms with van der Waals surface area (Å²) in [4.78, 5) is 9.08. The Morgan fingerprint density at radius 2 is 2.08 bits per heavy atom. The third-order valence-corrected chi connectivity index (χ3v) is 5.06. The molecule has 0 radical (unpaired) electrons. The van der Waals surface area contributed by atoms with Gasteiger partial charge in [-0.1, -0.05) is 18.2 Å². The third-order valence-electron chi connectivity index (χ3n) is 5.06. The second kappa shape index (κ2) is 5.93. The molecule has 124 valence electrons. The van der Waals surface area contributed by atoms with Crippen molar-refractivity contribution in [3.63, 3.8) is 0 Å². The molecule has 25 heavy (non-hydrogen) atoms.